The van der Waals surface area contributed by atoms with E-state index in [0.29, 0.717) is 13.0 Å². The molecule has 1 aliphatic carbocycles. The minimum Gasteiger partial charge on any atom is -0.352 e. The normalized spacial score (nSPS) is 46.4. The Hall–Kier alpha value is -0.250. The molecule has 0 aromatic heterocycles. The summed E-state index contributed by atoms with van der Waals surface area (Å²) in [6.07, 6.45) is 2.89. The van der Waals surface area contributed by atoms with Crippen LogP contribution in [0.5, 0.6) is 0 Å². The number of ether oxygens (including phenoxy) is 1. The first-order valence-electron chi connectivity index (χ1n) is 5.95. The summed E-state index contributed by atoms with van der Waals surface area (Å²) in [7, 11) is 0. The van der Waals surface area contributed by atoms with E-state index in [9.17, 15) is 4.79 Å². The zero-order chi connectivity index (χ0) is 12.4. The minimum absolute atomic E-state index is 0.0433. The lowest BCUT2D eigenvalue weighted by Crippen LogP contribution is -2.37. The van der Waals surface area contributed by atoms with Crippen molar-refractivity contribution in [2.24, 2.45) is 11.3 Å². The van der Waals surface area contributed by atoms with Gasteiger partial charge in [0.05, 0.1) is 18.1 Å². The third-order valence-electron chi connectivity index (χ3n) is 4.45. The molecule has 3 rings (SSSR count). The molecule has 4 atom stereocenters. The van der Waals surface area contributed by atoms with Crippen LogP contribution in [-0.4, -0.2) is 34.0 Å². The third kappa shape index (κ3) is 1.16. The van der Waals surface area contributed by atoms with Crippen molar-refractivity contribution < 1.29 is 9.53 Å². The largest absolute Gasteiger partial charge is 0.352 e. The Labute approximate surface area is 111 Å². The van der Waals surface area contributed by atoms with Gasteiger partial charge in [0, 0.05) is 5.92 Å². The number of nitrogens with zero attached hydrogens (tertiary/aromatic N) is 1. The number of alkyl halides is 2. The average molecular weight is 276 g/mol. The molecule has 3 fully saturated rings. The zero-order valence-electron chi connectivity index (χ0n) is 9.66. The van der Waals surface area contributed by atoms with E-state index in [0.717, 1.165) is 6.42 Å². The van der Waals surface area contributed by atoms with E-state index >= 15 is 0 Å². The molecule has 1 amide bonds. The van der Waals surface area contributed by atoms with Crippen LogP contribution in [0.25, 0.3) is 0 Å². The second-order valence-corrected chi connectivity index (χ2v) is 6.47. The summed E-state index contributed by atoms with van der Waals surface area (Å²) in [6.45, 7) is 6.28. The lowest BCUT2D eigenvalue weighted by atomic mass is 9.98. The molecule has 1 saturated carbocycles. The number of halogens is 2. The van der Waals surface area contributed by atoms with Crippen LogP contribution in [0.4, 0.5) is 0 Å². The van der Waals surface area contributed by atoms with Crippen molar-refractivity contribution in [3.8, 4) is 0 Å². The van der Waals surface area contributed by atoms with Crippen molar-refractivity contribution >= 4 is 29.1 Å². The van der Waals surface area contributed by atoms with Gasteiger partial charge in [-0.2, -0.15) is 0 Å². The quantitative estimate of drug-likeness (QED) is 0.572. The summed E-state index contributed by atoms with van der Waals surface area (Å²) in [4.78, 5) is 14.3. The summed E-state index contributed by atoms with van der Waals surface area (Å²) in [5.41, 5.74) is -0.569. The molecular weight excluding hydrogens is 261 g/mol. The predicted molar refractivity (Wildman–Crippen MR) is 65.8 cm³/mol. The van der Waals surface area contributed by atoms with Crippen LogP contribution in [0.2, 0.25) is 0 Å². The van der Waals surface area contributed by atoms with Gasteiger partial charge in [-0.3, -0.25) is 4.79 Å². The fraction of sp³-hybridized carbons (Fsp3) is 0.750. The fourth-order valence-electron chi connectivity index (χ4n) is 3.60. The van der Waals surface area contributed by atoms with Crippen LogP contribution >= 0.6 is 23.2 Å². The van der Waals surface area contributed by atoms with E-state index in [-0.39, 0.29) is 24.1 Å². The molecule has 2 aliphatic heterocycles. The van der Waals surface area contributed by atoms with Crippen molar-refractivity contribution in [3.05, 3.63) is 12.7 Å². The Balaban J connectivity index is 1.94. The van der Waals surface area contributed by atoms with E-state index < -0.39 is 9.75 Å². The maximum atomic E-state index is 12.6. The maximum absolute atomic E-state index is 12.6. The number of carbonyl (C=O) groups excluding carboxylic acids is 1. The van der Waals surface area contributed by atoms with Crippen molar-refractivity contribution in [1.29, 1.82) is 0 Å². The van der Waals surface area contributed by atoms with E-state index in [1.54, 1.807) is 11.0 Å². The lowest BCUT2D eigenvalue weighted by Gasteiger charge is -2.20. The van der Waals surface area contributed by atoms with Crippen LogP contribution in [0.15, 0.2) is 12.7 Å². The SMILES string of the molecule is C=CC1OCC2CC3(C(=O)N21)[C@H](CC)C3(Cl)Cl. The van der Waals surface area contributed by atoms with Gasteiger partial charge in [-0.05, 0) is 18.9 Å². The van der Waals surface area contributed by atoms with Crippen LogP contribution in [0.1, 0.15) is 19.8 Å². The number of carbonyl (C=O) groups is 1. The molecule has 3 nitrogen and oxygen atoms in total. The van der Waals surface area contributed by atoms with Crippen LogP contribution in [0.3, 0.4) is 0 Å². The van der Waals surface area contributed by atoms with Gasteiger partial charge in [0.2, 0.25) is 5.91 Å². The molecular formula is C12H15Cl2NO2. The molecule has 3 aliphatic rings. The van der Waals surface area contributed by atoms with Crippen molar-refractivity contribution in [2.75, 3.05) is 6.61 Å². The molecule has 0 N–H and O–H groups in total. The van der Waals surface area contributed by atoms with E-state index in [1.165, 1.54) is 0 Å². The Kier molecular flexibility index (Phi) is 2.36. The van der Waals surface area contributed by atoms with Gasteiger partial charge in [0.15, 0.2) is 6.23 Å². The summed E-state index contributed by atoms with van der Waals surface area (Å²) in [5, 5.41) is 0. The molecule has 0 bridgehead atoms. The molecule has 2 saturated heterocycles. The summed E-state index contributed by atoms with van der Waals surface area (Å²) < 4.78 is 4.60. The lowest BCUT2D eigenvalue weighted by molar-refractivity contribution is -0.136. The van der Waals surface area contributed by atoms with Crippen molar-refractivity contribution in [1.82, 2.24) is 4.90 Å². The summed E-state index contributed by atoms with van der Waals surface area (Å²) in [5.74, 6) is 0.114. The highest BCUT2D eigenvalue weighted by atomic mass is 35.5. The first-order valence-corrected chi connectivity index (χ1v) is 6.71. The topological polar surface area (TPSA) is 29.5 Å². The highest BCUT2D eigenvalue weighted by Gasteiger charge is 2.83. The van der Waals surface area contributed by atoms with Gasteiger partial charge < -0.3 is 9.64 Å². The highest BCUT2D eigenvalue weighted by molar-refractivity contribution is 6.53. The Bertz CT molecular complexity index is 398. The third-order valence-corrected chi connectivity index (χ3v) is 5.66. The molecule has 17 heavy (non-hydrogen) atoms. The summed E-state index contributed by atoms with van der Waals surface area (Å²) >= 11 is 12.6. The average Bonchev–Trinajstić information content (AvgIpc) is 2.61. The molecule has 0 aromatic carbocycles. The van der Waals surface area contributed by atoms with Gasteiger partial charge in [-0.1, -0.05) is 13.5 Å². The molecule has 0 aromatic rings. The monoisotopic (exact) mass is 275 g/mol. The molecule has 1 spiro atoms. The number of rotatable bonds is 2. The predicted octanol–water partition coefficient (Wildman–Crippen LogP) is 2.33. The van der Waals surface area contributed by atoms with E-state index in [4.69, 9.17) is 27.9 Å². The molecule has 2 heterocycles. The number of hydrogen-bond acceptors (Lipinski definition) is 2. The van der Waals surface area contributed by atoms with Gasteiger partial charge in [0.25, 0.3) is 0 Å². The molecule has 94 valence electrons. The van der Waals surface area contributed by atoms with Gasteiger partial charge >= 0.3 is 0 Å². The van der Waals surface area contributed by atoms with Crippen molar-refractivity contribution in [2.45, 2.75) is 36.4 Å². The highest BCUT2D eigenvalue weighted by Crippen LogP contribution is 2.75. The van der Waals surface area contributed by atoms with Gasteiger partial charge in [-0.15, -0.1) is 23.2 Å². The standard InChI is InChI=1S/C12H15Cl2NO2/c1-3-8-11(12(8,13)14)5-7-6-17-9(4-2)15(7)10(11)16/h4,7-9H,2-3,5-6H2,1H3/t7?,8-,9?,11?/m0/s1. The smallest absolute Gasteiger partial charge is 0.234 e. The van der Waals surface area contributed by atoms with Gasteiger partial charge in [-0.25, -0.2) is 0 Å². The molecule has 0 radical (unpaired) electrons. The van der Waals surface area contributed by atoms with Gasteiger partial charge in [0.1, 0.15) is 4.33 Å². The maximum Gasteiger partial charge on any atom is 0.234 e. The van der Waals surface area contributed by atoms with Crippen LogP contribution < -0.4 is 0 Å². The van der Waals surface area contributed by atoms with E-state index in [2.05, 4.69) is 6.58 Å². The first-order chi connectivity index (χ1) is 8.00. The van der Waals surface area contributed by atoms with Crippen LogP contribution in [0, 0.1) is 11.3 Å². The Morgan fingerprint density at radius 2 is 2.35 bits per heavy atom. The first kappa shape index (κ1) is 11.8. The second-order valence-electron chi connectivity index (χ2n) is 5.09. The number of hydrogen-bond donors (Lipinski definition) is 0. The molecule has 3 unspecified atom stereocenters. The Morgan fingerprint density at radius 1 is 1.65 bits per heavy atom. The Morgan fingerprint density at radius 3 is 2.88 bits per heavy atom. The summed E-state index contributed by atoms with van der Waals surface area (Å²) in [6, 6.07) is 0.110. The number of amides is 1. The molecule has 5 heteroatoms. The second kappa shape index (κ2) is 3.40. The zero-order valence-corrected chi connectivity index (χ0v) is 11.2. The van der Waals surface area contributed by atoms with E-state index in [1.807, 2.05) is 6.92 Å². The van der Waals surface area contributed by atoms with Crippen molar-refractivity contribution in [3.63, 3.8) is 0 Å². The van der Waals surface area contributed by atoms with Crippen LogP contribution in [-0.2, 0) is 9.53 Å². The number of fused-ring (bicyclic) bond motifs is 1. The fourth-order valence-corrected chi connectivity index (χ4v) is 4.75. The minimum atomic E-state index is -0.894.